The van der Waals surface area contributed by atoms with E-state index in [-0.39, 0.29) is 6.10 Å². The fourth-order valence-electron chi connectivity index (χ4n) is 3.18. The molecule has 3 fully saturated rings. The zero-order valence-electron chi connectivity index (χ0n) is 12.8. The number of hydrogen-bond acceptors (Lipinski definition) is 4. The summed E-state index contributed by atoms with van der Waals surface area (Å²) in [5, 5.41) is 3.53. The maximum atomic E-state index is 12.8. The Balaban J connectivity index is 1.58. The zero-order valence-corrected chi connectivity index (χ0v) is 13.6. The highest BCUT2D eigenvalue weighted by molar-refractivity contribution is 7.86. The van der Waals surface area contributed by atoms with Gasteiger partial charge in [0.2, 0.25) is 0 Å². The van der Waals surface area contributed by atoms with E-state index in [1.807, 2.05) is 6.92 Å². The Morgan fingerprint density at radius 1 is 1.14 bits per heavy atom. The van der Waals surface area contributed by atoms with E-state index < -0.39 is 10.2 Å². The Kier molecular flexibility index (Phi) is 4.85. The van der Waals surface area contributed by atoms with Crippen molar-refractivity contribution in [2.75, 3.05) is 39.3 Å². The van der Waals surface area contributed by atoms with Gasteiger partial charge in [0.15, 0.2) is 0 Å². The van der Waals surface area contributed by atoms with E-state index in [2.05, 4.69) is 5.32 Å². The van der Waals surface area contributed by atoms with E-state index >= 15 is 0 Å². The molecule has 0 aromatic carbocycles. The van der Waals surface area contributed by atoms with Crippen LogP contribution >= 0.6 is 0 Å². The maximum Gasteiger partial charge on any atom is 0.282 e. The number of ether oxygens (including phenoxy) is 1. The van der Waals surface area contributed by atoms with Crippen molar-refractivity contribution < 1.29 is 13.2 Å². The Morgan fingerprint density at radius 3 is 2.62 bits per heavy atom. The lowest BCUT2D eigenvalue weighted by Gasteiger charge is -2.38. The summed E-state index contributed by atoms with van der Waals surface area (Å²) in [7, 11) is -3.31. The number of nitrogens with one attached hydrogen (secondary N) is 1. The summed E-state index contributed by atoms with van der Waals surface area (Å²) >= 11 is 0. The van der Waals surface area contributed by atoms with Gasteiger partial charge in [0.1, 0.15) is 0 Å². The molecule has 2 aliphatic heterocycles. The summed E-state index contributed by atoms with van der Waals surface area (Å²) in [6.45, 7) is 5.66. The van der Waals surface area contributed by atoms with Gasteiger partial charge in [0, 0.05) is 32.2 Å². The number of rotatable bonds is 5. The van der Waals surface area contributed by atoms with Gasteiger partial charge in [0.05, 0.1) is 12.7 Å². The minimum atomic E-state index is -3.31. The predicted molar refractivity (Wildman–Crippen MR) is 81.2 cm³/mol. The average molecular weight is 317 g/mol. The van der Waals surface area contributed by atoms with Crippen LogP contribution in [0.4, 0.5) is 0 Å². The van der Waals surface area contributed by atoms with Crippen molar-refractivity contribution in [3.05, 3.63) is 0 Å². The SMILES string of the molecule is CC1CN(S(=O)(=O)N2CCCC(CNC3CC3)C2)CCO1. The molecule has 0 aromatic heterocycles. The number of hydrogen-bond donors (Lipinski definition) is 1. The van der Waals surface area contributed by atoms with Crippen LogP contribution in [0.25, 0.3) is 0 Å². The molecular weight excluding hydrogens is 290 g/mol. The van der Waals surface area contributed by atoms with Crippen LogP contribution in [0.3, 0.4) is 0 Å². The molecule has 2 unspecified atom stereocenters. The van der Waals surface area contributed by atoms with Crippen molar-refractivity contribution in [1.29, 1.82) is 0 Å². The summed E-state index contributed by atoms with van der Waals surface area (Å²) < 4.78 is 34.2. The Labute approximate surface area is 128 Å². The van der Waals surface area contributed by atoms with Gasteiger partial charge < -0.3 is 10.1 Å². The Hall–Kier alpha value is -0.210. The molecular formula is C14H27N3O3S. The molecule has 3 aliphatic rings. The van der Waals surface area contributed by atoms with Crippen molar-refractivity contribution in [3.8, 4) is 0 Å². The quantitative estimate of drug-likeness (QED) is 0.798. The molecule has 3 rings (SSSR count). The van der Waals surface area contributed by atoms with Crippen LogP contribution in [0.15, 0.2) is 0 Å². The van der Waals surface area contributed by atoms with Crippen LogP contribution in [0.2, 0.25) is 0 Å². The van der Waals surface area contributed by atoms with E-state index in [0.29, 0.717) is 44.7 Å². The monoisotopic (exact) mass is 317 g/mol. The zero-order chi connectivity index (χ0) is 14.9. The van der Waals surface area contributed by atoms with Crippen molar-refractivity contribution in [1.82, 2.24) is 13.9 Å². The van der Waals surface area contributed by atoms with Crippen LogP contribution in [-0.2, 0) is 14.9 Å². The summed E-state index contributed by atoms with van der Waals surface area (Å²) in [5.74, 6) is 0.451. The molecule has 122 valence electrons. The van der Waals surface area contributed by atoms with E-state index in [1.54, 1.807) is 8.61 Å². The fraction of sp³-hybridized carbons (Fsp3) is 1.00. The van der Waals surface area contributed by atoms with Gasteiger partial charge in [0.25, 0.3) is 10.2 Å². The topological polar surface area (TPSA) is 61.9 Å². The van der Waals surface area contributed by atoms with Crippen LogP contribution < -0.4 is 5.32 Å². The van der Waals surface area contributed by atoms with Crippen molar-refractivity contribution in [2.24, 2.45) is 5.92 Å². The molecule has 7 heteroatoms. The lowest BCUT2D eigenvalue weighted by molar-refractivity contribution is 0.00778. The van der Waals surface area contributed by atoms with E-state index in [9.17, 15) is 8.42 Å². The molecule has 0 radical (unpaired) electrons. The predicted octanol–water partition coefficient (Wildman–Crippen LogP) is 0.416. The number of piperidine rings is 1. The first-order valence-electron chi connectivity index (χ1n) is 8.16. The minimum absolute atomic E-state index is 0.00866. The van der Waals surface area contributed by atoms with Gasteiger partial charge in [-0.05, 0) is 45.1 Å². The van der Waals surface area contributed by atoms with Gasteiger partial charge in [-0.25, -0.2) is 0 Å². The summed E-state index contributed by atoms with van der Waals surface area (Å²) in [4.78, 5) is 0. The second kappa shape index (κ2) is 6.50. The molecule has 2 saturated heterocycles. The summed E-state index contributed by atoms with van der Waals surface area (Å²) in [5.41, 5.74) is 0. The fourth-order valence-corrected chi connectivity index (χ4v) is 4.97. The molecule has 0 spiro atoms. The van der Waals surface area contributed by atoms with Crippen molar-refractivity contribution in [2.45, 2.75) is 44.8 Å². The highest BCUT2D eigenvalue weighted by Crippen LogP contribution is 2.24. The van der Waals surface area contributed by atoms with Crippen LogP contribution in [-0.4, -0.2) is 68.5 Å². The molecule has 21 heavy (non-hydrogen) atoms. The molecule has 0 amide bonds. The number of morpholine rings is 1. The van der Waals surface area contributed by atoms with Crippen molar-refractivity contribution in [3.63, 3.8) is 0 Å². The molecule has 2 heterocycles. The van der Waals surface area contributed by atoms with E-state index in [0.717, 1.165) is 19.4 Å². The van der Waals surface area contributed by atoms with Gasteiger partial charge in [-0.3, -0.25) is 0 Å². The molecule has 2 atom stereocenters. The van der Waals surface area contributed by atoms with Crippen LogP contribution in [0.1, 0.15) is 32.6 Å². The third kappa shape index (κ3) is 3.96. The van der Waals surface area contributed by atoms with Crippen LogP contribution in [0.5, 0.6) is 0 Å². The first-order chi connectivity index (χ1) is 10.1. The highest BCUT2D eigenvalue weighted by atomic mass is 32.2. The van der Waals surface area contributed by atoms with Gasteiger partial charge >= 0.3 is 0 Å². The van der Waals surface area contributed by atoms with E-state index in [1.165, 1.54) is 12.8 Å². The summed E-state index contributed by atoms with van der Waals surface area (Å²) in [6, 6.07) is 0.692. The third-order valence-electron chi connectivity index (χ3n) is 4.61. The lowest BCUT2D eigenvalue weighted by Crippen LogP contribution is -2.53. The number of nitrogens with zero attached hydrogens (tertiary/aromatic N) is 2. The Morgan fingerprint density at radius 2 is 1.90 bits per heavy atom. The van der Waals surface area contributed by atoms with Crippen molar-refractivity contribution >= 4 is 10.2 Å². The molecule has 1 N–H and O–H groups in total. The second-order valence-electron chi connectivity index (χ2n) is 6.60. The maximum absolute atomic E-state index is 12.8. The molecule has 6 nitrogen and oxygen atoms in total. The molecule has 1 aliphatic carbocycles. The smallest absolute Gasteiger partial charge is 0.282 e. The highest BCUT2D eigenvalue weighted by Gasteiger charge is 2.36. The molecule has 1 saturated carbocycles. The average Bonchev–Trinajstić information content (AvgIpc) is 3.30. The Bertz CT molecular complexity index is 452. The normalized spacial score (nSPS) is 33.2. The standard InChI is InChI=1S/C14H27N3O3S/c1-12-10-17(7-8-20-12)21(18,19)16-6-2-3-13(11-16)9-15-14-4-5-14/h12-15H,2-11H2,1H3. The second-order valence-corrected chi connectivity index (χ2v) is 8.52. The minimum Gasteiger partial charge on any atom is -0.376 e. The largest absolute Gasteiger partial charge is 0.376 e. The molecule has 0 bridgehead atoms. The first-order valence-corrected chi connectivity index (χ1v) is 9.55. The van der Waals surface area contributed by atoms with Gasteiger partial charge in [-0.15, -0.1) is 0 Å². The van der Waals surface area contributed by atoms with E-state index in [4.69, 9.17) is 4.74 Å². The first kappa shape index (κ1) is 15.7. The third-order valence-corrected chi connectivity index (χ3v) is 6.58. The van der Waals surface area contributed by atoms with Gasteiger partial charge in [-0.1, -0.05) is 0 Å². The van der Waals surface area contributed by atoms with Gasteiger partial charge in [-0.2, -0.15) is 17.0 Å². The molecule has 0 aromatic rings. The summed E-state index contributed by atoms with van der Waals surface area (Å²) in [6.07, 6.45) is 4.65. The lowest BCUT2D eigenvalue weighted by atomic mass is 10.00. The van der Waals surface area contributed by atoms with Crippen LogP contribution in [0, 0.1) is 5.92 Å².